The van der Waals surface area contributed by atoms with Gasteiger partial charge in [0, 0.05) is 43.8 Å². The molecule has 2 aromatic rings. The van der Waals surface area contributed by atoms with Crippen molar-refractivity contribution in [2.24, 2.45) is 4.99 Å². The number of nitrogens with zero attached hydrogens (tertiary/aromatic N) is 3. The Kier molecular flexibility index (Phi) is 7.00. The van der Waals surface area contributed by atoms with Gasteiger partial charge in [-0.05, 0) is 44.4 Å². The molecule has 23 heavy (non-hydrogen) atoms. The molecule has 2 rings (SSSR count). The largest absolute Gasteiger partial charge is 0.357 e. The quantitative estimate of drug-likeness (QED) is 0.604. The van der Waals surface area contributed by atoms with E-state index in [9.17, 15) is 0 Å². The standard InChI is InChI=1S/C17H25N5S/c1-4-19-17(21-10-7-16-12-23-14(3)22-16)20-9-6-15-5-8-18-11-13(15)2/h5,8,11-12H,4,6-7,9-10H2,1-3H3,(H2,19,20,21). The van der Waals surface area contributed by atoms with Crippen LogP contribution < -0.4 is 10.6 Å². The van der Waals surface area contributed by atoms with Crippen LogP contribution in [0.3, 0.4) is 0 Å². The maximum Gasteiger partial charge on any atom is 0.191 e. The van der Waals surface area contributed by atoms with Gasteiger partial charge in [-0.25, -0.2) is 4.98 Å². The van der Waals surface area contributed by atoms with Crippen molar-refractivity contribution in [2.45, 2.75) is 33.6 Å². The fraction of sp³-hybridized carbons (Fsp3) is 0.471. The number of aliphatic imine (C=N–C) groups is 1. The Morgan fingerprint density at radius 3 is 2.83 bits per heavy atom. The van der Waals surface area contributed by atoms with Gasteiger partial charge in [0.25, 0.3) is 0 Å². The maximum atomic E-state index is 4.62. The average molecular weight is 331 g/mol. The summed E-state index contributed by atoms with van der Waals surface area (Å²) in [5.41, 5.74) is 3.68. The SMILES string of the molecule is CCNC(=NCCc1csc(C)n1)NCCc1ccncc1C. The fourth-order valence-electron chi connectivity index (χ4n) is 2.25. The molecule has 0 aromatic carbocycles. The van der Waals surface area contributed by atoms with Gasteiger partial charge in [-0.15, -0.1) is 11.3 Å². The Hall–Kier alpha value is -1.95. The molecule has 0 aliphatic rings. The maximum absolute atomic E-state index is 4.62. The molecule has 0 saturated carbocycles. The number of hydrogen-bond donors (Lipinski definition) is 2. The highest BCUT2D eigenvalue weighted by molar-refractivity contribution is 7.09. The van der Waals surface area contributed by atoms with Gasteiger partial charge >= 0.3 is 0 Å². The molecule has 0 unspecified atom stereocenters. The molecule has 0 amide bonds. The van der Waals surface area contributed by atoms with Crippen molar-refractivity contribution >= 4 is 17.3 Å². The minimum Gasteiger partial charge on any atom is -0.357 e. The molecule has 0 aliphatic heterocycles. The first-order chi connectivity index (χ1) is 11.2. The summed E-state index contributed by atoms with van der Waals surface area (Å²) < 4.78 is 0. The number of thiazole rings is 1. The lowest BCUT2D eigenvalue weighted by atomic mass is 10.1. The zero-order valence-electron chi connectivity index (χ0n) is 14.1. The molecule has 0 radical (unpaired) electrons. The highest BCUT2D eigenvalue weighted by atomic mass is 32.1. The van der Waals surface area contributed by atoms with Crippen LogP contribution in [0.5, 0.6) is 0 Å². The van der Waals surface area contributed by atoms with Crippen LogP contribution in [0.1, 0.15) is 28.8 Å². The van der Waals surface area contributed by atoms with Crippen molar-refractivity contribution in [3.05, 3.63) is 45.7 Å². The zero-order valence-corrected chi connectivity index (χ0v) is 14.9. The summed E-state index contributed by atoms with van der Waals surface area (Å²) in [7, 11) is 0. The lowest BCUT2D eigenvalue weighted by Gasteiger charge is -2.12. The van der Waals surface area contributed by atoms with Gasteiger partial charge in [0.2, 0.25) is 0 Å². The van der Waals surface area contributed by atoms with E-state index in [1.165, 1.54) is 11.1 Å². The first-order valence-electron chi connectivity index (χ1n) is 8.01. The van der Waals surface area contributed by atoms with Crippen LogP contribution in [-0.4, -0.2) is 35.6 Å². The van der Waals surface area contributed by atoms with E-state index in [0.717, 1.165) is 49.1 Å². The zero-order chi connectivity index (χ0) is 16.5. The predicted molar refractivity (Wildman–Crippen MR) is 97.2 cm³/mol. The summed E-state index contributed by atoms with van der Waals surface area (Å²) in [6.07, 6.45) is 5.59. The molecule has 0 spiro atoms. The monoisotopic (exact) mass is 331 g/mol. The molecule has 124 valence electrons. The van der Waals surface area contributed by atoms with E-state index in [-0.39, 0.29) is 0 Å². The van der Waals surface area contributed by atoms with Crippen molar-refractivity contribution in [2.75, 3.05) is 19.6 Å². The summed E-state index contributed by atoms with van der Waals surface area (Å²) in [4.78, 5) is 13.2. The summed E-state index contributed by atoms with van der Waals surface area (Å²) >= 11 is 1.69. The predicted octanol–water partition coefficient (Wildman–Crippen LogP) is 2.50. The Labute approximate surface area is 142 Å². The first kappa shape index (κ1) is 17.4. The van der Waals surface area contributed by atoms with Crippen molar-refractivity contribution in [3.63, 3.8) is 0 Å². The third-order valence-corrected chi connectivity index (χ3v) is 4.29. The Balaban J connectivity index is 1.80. The topological polar surface area (TPSA) is 62.2 Å². The van der Waals surface area contributed by atoms with Crippen LogP contribution in [-0.2, 0) is 12.8 Å². The van der Waals surface area contributed by atoms with Gasteiger partial charge in [-0.1, -0.05) is 0 Å². The van der Waals surface area contributed by atoms with Crippen LogP contribution in [0.15, 0.2) is 28.8 Å². The van der Waals surface area contributed by atoms with Crippen LogP contribution in [0, 0.1) is 13.8 Å². The number of pyridine rings is 1. The first-order valence-corrected chi connectivity index (χ1v) is 8.89. The van der Waals surface area contributed by atoms with E-state index in [4.69, 9.17) is 0 Å². The van der Waals surface area contributed by atoms with Crippen LogP contribution in [0.4, 0.5) is 0 Å². The normalized spacial score (nSPS) is 11.5. The highest BCUT2D eigenvalue weighted by Crippen LogP contribution is 2.08. The lowest BCUT2D eigenvalue weighted by molar-refractivity contribution is 0.792. The van der Waals surface area contributed by atoms with Crippen LogP contribution in [0.25, 0.3) is 0 Å². The molecule has 2 aromatic heterocycles. The smallest absolute Gasteiger partial charge is 0.191 e. The second kappa shape index (κ2) is 9.25. The van der Waals surface area contributed by atoms with E-state index >= 15 is 0 Å². The van der Waals surface area contributed by atoms with E-state index in [1.807, 2.05) is 19.3 Å². The molecule has 2 heterocycles. The third kappa shape index (κ3) is 5.98. The molecule has 0 fully saturated rings. The van der Waals surface area contributed by atoms with Gasteiger partial charge in [0.1, 0.15) is 0 Å². The summed E-state index contributed by atoms with van der Waals surface area (Å²) in [5.74, 6) is 0.867. The third-order valence-electron chi connectivity index (χ3n) is 3.47. The van der Waals surface area contributed by atoms with Crippen molar-refractivity contribution in [1.29, 1.82) is 0 Å². The van der Waals surface area contributed by atoms with Crippen LogP contribution in [0.2, 0.25) is 0 Å². The number of nitrogens with one attached hydrogen (secondary N) is 2. The molecule has 2 N–H and O–H groups in total. The van der Waals surface area contributed by atoms with Crippen molar-refractivity contribution in [1.82, 2.24) is 20.6 Å². The highest BCUT2D eigenvalue weighted by Gasteiger charge is 2.01. The van der Waals surface area contributed by atoms with E-state index < -0.39 is 0 Å². The molecule has 0 saturated heterocycles. The fourth-order valence-corrected chi connectivity index (χ4v) is 2.89. The lowest BCUT2D eigenvalue weighted by Crippen LogP contribution is -2.38. The molecule has 0 bridgehead atoms. The molecule has 0 aliphatic carbocycles. The second-order valence-electron chi connectivity index (χ2n) is 5.35. The number of guanidine groups is 1. The number of aryl methyl sites for hydroxylation is 2. The summed E-state index contributed by atoms with van der Waals surface area (Å²) in [6, 6.07) is 2.08. The van der Waals surface area contributed by atoms with Crippen molar-refractivity contribution < 1.29 is 0 Å². The Morgan fingerprint density at radius 2 is 2.13 bits per heavy atom. The number of rotatable bonds is 7. The van der Waals surface area contributed by atoms with Gasteiger partial charge in [-0.3, -0.25) is 9.98 Å². The molecule has 0 atom stereocenters. The molecular weight excluding hydrogens is 306 g/mol. The minimum absolute atomic E-state index is 0.743. The second-order valence-corrected chi connectivity index (χ2v) is 6.41. The molecule has 6 heteroatoms. The summed E-state index contributed by atoms with van der Waals surface area (Å²) in [6.45, 7) is 8.66. The van der Waals surface area contributed by atoms with E-state index in [1.54, 1.807) is 11.3 Å². The van der Waals surface area contributed by atoms with Gasteiger partial charge in [-0.2, -0.15) is 0 Å². The van der Waals surface area contributed by atoms with Gasteiger partial charge in [0.05, 0.1) is 10.7 Å². The Bertz CT molecular complexity index is 635. The van der Waals surface area contributed by atoms with E-state index in [0.29, 0.717) is 0 Å². The summed E-state index contributed by atoms with van der Waals surface area (Å²) in [5, 5.41) is 9.89. The Morgan fingerprint density at radius 1 is 1.26 bits per heavy atom. The molecular formula is C17H25N5S. The van der Waals surface area contributed by atoms with Gasteiger partial charge < -0.3 is 10.6 Å². The van der Waals surface area contributed by atoms with Crippen LogP contribution >= 0.6 is 11.3 Å². The number of hydrogen-bond acceptors (Lipinski definition) is 4. The minimum atomic E-state index is 0.743. The average Bonchev–Trinajstić information content (AvgIpc) is 2.94. The molecule has 5 nitrogen and oxygen atoms in total. The number of aromatic nitrogens is 2. The van der Waals surface area contributed by atoms with Gasteiger partial charge in [0.15, 0.2) is 5.96 Å². The van der Waals surface area contributed by atoms with Crippen molar-refractivity contribution in [3.8, 4) is 0 Å². The van der Waals surface area contributed by atoms with E-state index in [2.05, 4.69) is 50.9 Å².